The Hall–Kier alpha value is -1.18. The summed E-state index contributed by atoms with van der Waals surface area (Å²) in [6, 6.07) is 2.80. The maximum absolute atomic E-state index is 13.0. The predicted octanol–water partition coefficient (Wildman–Crippen LogP) is 2.51. The molecular formula is C11H13F4NO2. The minimum atomic E-state index is -4.70. The second-order valence-corrected chi connectivity index (χ2v) is 3.47. The van der Waals surface area contributed by atoms with Gasteiger partial charge in [0.05, 0.1) is 18.8 Å². The van der Waals surface area contributed by atoms with Gasteiger partial charge in [0.2, 0.25) is 0 Å². The lowest BCUT2D eigenvalue weighted by atomic mass is 10.1. The zero-order valence-electron chi connectivity index (χ0n) is 9.68. The van der Waals surface area contributed by atoms with E-state index in [4.69, 9.17) is 9.57 Å². The highest BCUT2D eigenvalue weighted by Crippen LogP contribution is 2.31. The molecule has 0 fully saturated rings. The molecule has 0 amide bonds. The van der Waals surface area contributed by atoms with Crippen LogP contribution in [0.5, 0.6) is 0 Å². The van der Waals surface area contributed by atoms with E-state index in [0.29, 0.717) is 6.61 Å². The van der Waals surface area contributed by atoms with Crippen LogP contribution in [0.1, 0.15) is 11.1 Å². The van der Waals surface area contributed by atoms with E-state index in [2.05, 4.69) is 5.48 Å². The van der Waals surface area contributed by atoms with Gasteiger partial charge < -0.3 is 4.74 Å². The van der Waals surface area contributed by atoms with Crippen molar-refractivity contribution in [2.24, 2.45) is 0 Å². The Morgan fingerprint density at radius 3 is 2.56 bits per heavy atom. The predicted molar refractivity (Wildman–Crippen MR) is 56.1 cm³/mol. The molecule has 0 saturated carbocycles. The van der Waals surface area contributed by atoms with Gasteiger partial charge in [-0.15, -0.1) is 0 Å². The molecule has 0 aliphatic heterocycles. The van der Waals surface area contributed by atoms with Crippen molar-refractivity contribution in [1.82, 2.24) is 5.48 Å². The monoisotopic (exact) mass is 267 g/mol. The largest absolute Gasteiger partial charge is 0.419 e. The molecule has 0 atom stereocenters. The minimum Gasteiger partial charge on any atom is -0.382 e. The quantitative estimate of drug-likeness (QED) is 0.488. The third kappa shape index (κ3) is 4.59. The van der Waals surface area contributed by atoms with E-state index < -0.39 is 17.6 Å². The fourth-order valence-corrected chi connectivity index (χ4v) is 1.23. The summed E-state index contributed by atoms with van der Waals surface area (Å²) in [6.07, 6.45) is -4.70. The summed E-state index contributed by atoms with van der Waals surface area (Å²) in [4.78, 5) is 4.88. The standard InChI is InChI=1S/C11H13F4NO2/c1-17-4-5-18-16-7-8-2-3-10(12)9(6-8)11(13,14)15/h2-3,6,16H,4-5,7H2,1H3. The summed E-state index contributed by atoms with van der Waals surface area (Å²) in [6.45, 7) is 0.682. The van der Waals surface area contributed by atoms with Gasteiger partial charge in [0.25, 0.3) is 0 Å². The van der Waals surface area contributed by atoms with Gasteiger partial charge in [-0.05, 0) is 17.7 Å². The number of hydrogen-bond donors (Lipinski definition) is 1. The van der Waals surface area contributed by atoms with Crippen LogP contribution in [-0.4, -0.2) is 20.3 Å². The summed E-state index contributed by atoms with van der Waals surface area (Å²) < 4.78 is 54.9. The number of nitrogens with one attached hydrogen (secondary N) is 1. The molecule has 0 radical (unpaired) electrons. The zero-order valence-corrected chi connectivity index (χ0v) is 9.68. The van der Waals surface area contributed by atoms with E-state index in [0.717, 1.165) is 12.1 Å². The van der Waals surface area contributed by atoms with E-state index in [1.54, 1.807) is 0 Å². The van der Waals surface area contributed by atoms with Gasteiger partial charge >= 0.3 is 6.18 Å². The number of halogens is 4. The van der Waals surface area contributed by atoms with E-state index in [-0.39, 0.29) is 18.7 Å². The first-order valence-electron chi connectivity index (χ1n) is 5.14. The zero-order chi connectivity index (χ0) is 13.6. The first-order valence-corrected chi connectivity index (χ1v) is 5.14. The summed E-state index contributed by atoms with van der Waals surface area (Å²) in [5, 5.41) is 0. The molecule has 0 aliphatic carbocycles. The number of alkyl halides is 3. The van der Waals surface area contributed by atoms with E-state index >= 15 is 0 Å². The van der Waals surface area contributed by atoms with Crippen molar-refractivity contribution in [3.63, 3.8) is 0 Å². The Balaban J connectivity index is 2.57. The molecule has 0 aliphatic rings. The van der Waals surface area contributed by atoms with Crippen LogP contribution in [0, 0.1) is 5.82 Å². The second kappa shape index (κ2) is 6.67. The van der Waals surface area contributed by atoms with Crippen LogP contribution in [0.15, 0.2) is 18.2 Å². The first-order chi connectivity index (χ1) is 8.45. The van der Waals surface area contributed by atoms with Crippen LogP contribution in [0.2, 0.25) is 0 Å². The van der Waals surface area contributed by atoms with Crippen molar-refractivity contribution in [2.75, 3.05) is 20.3 Å². The van der Waals surface area contributed by atoms with Crippen LogP contribution >= 0.6 is 0 Å². The van der Waals surface area contributed by atoms with Gasteiger partial charge in [-0.1, -0.05) is 6.07 Å². The van der Waals surface area contributed by atoms with E-state index in [9.17, 15) is 17.6 Å². The summed E-state index contributed by atoms with van der Waals surface area (Å²) in [5.41, 5.74) is 1.46. The molecule has 7 heteroatoms. The average Bonchev–Trinajstić information content (AvgIpc) is 2.29. The molecule has 18 heavy (non-hydrogen) atoms. The van der Waals surface area contributed by atoms with Gasteiger partial charge in [-0.3, -0.25) is 4.84 Å². The maximum Gasteiger partial charge on any atom is 0.419 e. The number of methoxy groups -OCH3 is 1. The molecule has 0 heterocycles. The second-order valence-electron chi connectivity index (χ2n) is 3.47. The topological polar surface area (TPSA) is 30.5 Å². The van der Waals surface area contributed by atoms with Crippen LogP contribution in [0.4, 0.5) is 17.6 Å². The molecule has 0 unspecified atom stereocenters. The Morgan fingerprint density at radius 2 is 1.94 bits per heavy atom. The van der Waals surface area contributed by atoms with Gasteiger partial charge in [0, 0.05) is 13.7 Å². The highest BCUT2D eigenvalue weighted by Gasteiger charge is 2.34. The van der Waals surface area contributed by atoms with E-state index in [1.807, 2.05) is 0 Å². The Kier molecular flexibility index (Phi) is 5.52. The highest BCUT2D eigenvalue weighted by molar-refractivity contribution is 5.27. The lowest BCUT2D eigenvalue weighted by molar-refractivity contribution is -0.140. The molecule has 0 spiro atoms. The van der Waals surface area contributed by atoms with Gasteiger partial charge in [0.1, 0.15) is 5.82 Å². The molecular weight excluding hydrogens is 254 g/mol. The van der Waals surface area contributed by atoms with Crippen LogP contribution < -0.4 is 5.48 Å². The molecule has 1 aromatic carbocycles. The number of hydroxylamine groups is 1. The van der Waals surface area contributed by atoms with Crippen LogP contribution in [0.3, 0.4) is 0 Å². The van der Waals surface area contributed by atoms with E-state index in [1.165, 1.54) is 13.2 Å². The van der Waals surface area contributed by atoms with Crippen molar-refractivity contribution in [3.05, 3.63) is 35.1 Å². The van der Waals surface area contributed by atoms with Crippen molar-refractivity contribution in [2.45, 2.75) is 12.7 Å². The summed E-state index contributed by atoms with van der Waals surface area (Å²) in [7, 11) is 1.50. The SMILES string of the molecule is COCCONCc1ccc(F)c(C(F)(F)F)c1. The average molecular weight is 267 g/mol. The summed E-state index contributed by atoms with van der Waals surface area (Å²) >= 11 is 0. The lowest BCUT2D eigenvalue weighted by Gasteiger charge is -2.10. The Bertz CT molecular complexity index is 382. The number of benzene rings is 1. The maximum atomic E-state index is 13.0. The van der Waals surface area contributed by atoms with Gasteiger partial charge in [0.15, 0.2) is 0 Å². The Morgan fingerprint density at radius 1 is 1.22 bits per heavy atom. The van der Waals surface area contributed by atoms with Crippen molar-refractivity contribution >= 4 is 0 Å². The van der Waals surface area contributed by atoms with Crippen LogP contribution in [-0.2, 0) is 22.3 Å². The molecule has 0 saturated heterocycles. The normalized spacial score (nSPS) is 11.8. The Labute approximate surface area is 102 Å². The van der Waals surface area contributed by atoms with Crippen LogP contribution in [0.25, 0.3) is 0 Å². The fraction of sp³-hybridized carbons (Fsp3) is 0.455. The fourth-order valence-electron chi connectivity index (χ4n) is 1.23. The molecule has 0 bridgehead atoms. The lowest BCUT2D eigenvalue weighted by Crippen LogP contribution is -2.18. The molecule has 1 aromatic rings. The molecule has 1 N–H and O–H groups in total. The number of ether oxygens (including phenoxy) is 1. The molecule has 3 nitrogen and oxygen atoms in total. The van der Waals surface area contributed by atoms with Crippen molar-refractivity contribution < 1.29 is 27.1 Å². The van der Waals surface area contributed by atoms with Crippen molar-refractivity contribution in [3.8, 4) is 0 Å². The summed E-state index contributed by atoms with van der Waals surface area (Å²) in [5.74, 6) is -1.29. The van der Waals surface area contributed by atoms with Crippen molar-refractivity contribution in [1.29, 1.82) is 0 Å². The third-order valence-electron chi connectivity index (χ3n) is 2.10. The molecule has 102 valence electrons. The first kappa shape index (κ1) is 14.9. The highest BCUT2D eigenvalue weighted by atomic mass is 19.4. The van der Waals surface area contributed by atoms with Gasteiger partial charge in [-0.25, -0.2) is 4.39 Å². The smallest absolute Gasteiger partial charge is 0.382 e. The minimum absolute atomic E-state index is 0.0487. The third-order valence-corrected chi connectivity index (χ3v) is 2.10. The van der Waals surface area contributed by atoms with Gasteiger partial charge in [-0.2, -0.15) is 18.7 Å². The number of rotatable bonds is 6. The molecule has 1 rings (SSSR count). The number of hydrogen-bond acceptors (Lipinski definition) is 3. The molecule has 0 aromatic heterocycles.